The van der Waals surface area contributed by atoms with Gasteiger partial charge in [0, 0.05) is 36.0 Å². The number of aliphatic hydroxyl groups excluding tert-OH is 2. The molecule has 0 spiro atoms. The van der Waals surface area contributed by atoms with E-state index in [1.165, 1.54) is 0 Å². The topological polar surface area (TPSA) is 43.7 Å². The zero-order chi connectivity index (χ0) is 6.41. The zero-order valence-corrected chi connectivity index (χ0v) is 6.71. The third kappa shape index (κ3) is 4.76. The van der Waals surface area contributed by atoms with Crippen LogP contribution >= 0.6 is 22.9 Å². The van der Waals surface area contributed by atoms with E-state index in [0.717, 1.165) is 0 Å². The molecule has 0 aromatic heterocycles. The standard InChI is InChI=1S/C4H10INO2/c5-6(1-3-7)2-4-8/h7-8H,1-4H2. The highest BCUT2D eigenvalue weighted by molar-refractivity contribution is 14.1. The van der Waals surface area contributed by atoms with E-state index < -0.39 is 0 Å². The van der Waals surface area contributed by atoms with Gasteiger partial charge >= 0.3 is 0 Å². The van der Waals surface area contributed by atoms with Crippen molar-refractivity contribution in [3.8, 4) is 0 Å². The summed E-state index contributed by atoms with van der Waals surface area (Å²) in [7, 11) is 0. The van der Waals surface area contributed by atoms with Crippen LogP contribution in [-0.2, 0) is 0 Å². The van der Waals surface area contributed by atoms with Crippen LogP contribution in [0.4, 0.5) is 0 Å². The van der Waals surface area contributed by atoms with E-state index in [2.05, 4.69) is 22.9 Å². The lowest BCUT2D eigenvalue weighted by Crippen LogP contribution is -2.19. The van der Waals surface area contributed by atoms with Crippen molar-refractivity contribution < 1.29 is 10.2 Å². The first-order valence-electron chi connectivity index (χ1n) is 2.43. The second-order valence-corrected chi connectivity index (χ2v) is 2.72. The number of rotatable bonds is 4. The molecular formula is C4H10INO2. The summed E-state index contributed by atoms with van der Waals surface area (Å²) in [5.74, 6) is 0. The third-order valence-electron chi connectivity index (χ3n) is 0.685. The molecule has 0 aliphatic carbocycles. The Hall–Kier alpha value is 0.610. The van der Waals surface area contributed by atoms with Crippen molar-refractivity contribution in [3.05, 3.63) is 0 Å². The molecule has 0 amide bonds. The van der Waals surface area contributed by atoms with Crippen LogP contribution in [0, 0.1) is 0 Å². The molecule has 0 saturated heterocycles. The maximum Gasteiger partial charge on any atom is 0.0566 e. The molecule has 0 aliphatic heterocycles. The summed E-state index contributed by atoms with van der Waals surface area (Å²) in [6, 6.07) is 0. The normalized spacial score (nSPS) is 10.5. The molecule has 4 heteroatoms. The molecule has 0 rings (SSSR count). The SMILES string of the molecule is OCCN(I)CCO. The molecule has 0 atom stereocenters. The van der Waals surface area contributed by atoms with Gasteiger partial charge in [-0.25, -0.2) is 3.11 Å². The van der Waals surface area contributed by atoms with Crippen LogP contribution in [-0.4, -0.2) is 39.6 Å². The molecule has 0 radical (unpaired) electrons. The number of halogens is 1. The van der Waals surface area contributed by atoms with E-state index in [9.17, 15) is 0 Å². The minimum absolute atomic E-state index is 0.156. The van der Waals surface area contributed by atoms with Gasteiger partial charge in [-0.15, -0.1) is 0 Å². The van der Waals surface area contributed by atoms with E-state index in [0.29, 0.717) is 13.1 Å². The van der Waals surface area contributed by atoms with Gasteiger partial charge in [0.05, 0.1) is 13.2 Å². The Morgan fingerprint density at radius 3 is 1.75 bits per heavy atom. The average molecular weight is 231 g/mol. The molecule has 0 unspecified atom stereocenters. The maximum absolute atomic E-state index is 8.34. The molecule has 50 valence electrons. The van der Waals surface area contributed by atoms with Crippen molar-refractivity contribution in [2.24, 2.45) is 0 Å². The van der Waals surface area contributed by atoms with Crippen LogP contribution in [0.25, 0.3) is 0 Å². The molecule has 0 aromatic carbocycles. The van der Waals surface area contributed by atoms with Gasteiger partial charge < -0.3 is 10.2 Å². The molecule has 0 aromatic rings. The van der Waals surface area contributed by atoms with E-state index in [4.69, 9.17) is 10.2 Å². The van der Waals surface area contributed by atoms with Crippen LogP contribution in [0.2, 0.25) is 0 Å². The predicted octanol–water partition coefficient (Wildman–Crippen LogP) is -0.377. The first-order valence-corrected chi connectivity index (χ1v) is 3.40. The zero-order valence-electron chi connectivity index (χ0n) is 4.55. The average Bonchev–Trinajstić information content (AvgIpc) is 1.68. The van der Waals surface area contributed by atoms with E-state index in [-0.39, 0.29) is 13.2 Å². The van der Waals surface area contributed by atoms with Crippen molar-refractivity contribution in [2.75, 3.05) is 26.3 Å². The van der Waals surface area contributed by atoms with Gasteiger partial charge in [-0.3, -0.25) is 0 Å². The van der Waals surface area contributed by atoms with E-state index in [1.54, 1.807) is 0 Å². The molecule has 0 aliphatic rings. The second kappa shape index (κ2) is 5.74. The first-order chi connectivity index (χ1) is 3.81. The van der Waals surface area contributed by atoms with Crippen LogP contribution in [0.15, 0.2) is 0 Å². The molecule has 8 heavy (non-hydrogen) atoms. The quantitative estimate of drug-likeness (QED) is 0.512. The summed E-state index contributed by atoms with van der Waals surface area (Å²) in [5.41, 5.74) is 0. The fourth-order valence-corrected chi connectivity index (χ4v) is 0.760. The predicted molar refractivity (Wildman–Crippen MR) is 39.8 cm³/mol. The Labute approximate surface area is 62.8 Å². The van der Waals surface area contributed by atoms with Crippen LogP contribution in [0.3, 0.4) is 0 Å². The van der Waals surface area contributed by atoms with Gasteiger partial charge in [-0.05, 0) is 0 Å². The van der Waals surface area contributed by atoms with Crippen LogP contribution in [0.1, 0.15) is 0 Å². The number of aliphatic hydroxyl groups is 2. The summed E-state index contributed by atoms with van der Waals surface area (Å²) in [5, 5.41) is 16.7. The Bertz CT molecular complexity index is 47.3. The summed E-state index contributed by atoms with van der Waals surface area (Å²) < 4.78 is 1.83. The molecule has 0 bridgehead atoms. The molecular weight excluding hydrogens is 221 g/mol. The highest BCUT2D eigenvalue weighted by atomic mass is 127. The minimum atomic E-state index is 0.156. The second-order valence-electron chi connectivity index (χ2n) is 1.36. The lowest BCUT2D eigenvalue weighted by atomic mass is 10.6. The van der Waals surface area contributed by atoms with Gasteiger partial charge in [0.1, 0.15) is 0 Å². The van der Waals surface area contributed by atoms with Gasteiger partial charge in [0.25, 0.3) is 0 Å². The van der Waals surface area contributed by atoms with Gasteiger partial charge in [0.2, 0.25) is 0 Å². The third-order valence-corrected chi connectivity index (χ3v) is 1.65. The van der Waals surface area contributed by atoms with Crippen molar-refractivity contribution in [3.63, 3.8) is 0 Å². The van der Waals surface area contributed by atoms with Gasteiger partial charge in [-0.2, -0.15) is 0 Å². The fraction of sp³-hybridized carbons (Fsp3) is 1.00. The summed E-state index contributed by atoms with van der Waals surface area (Å²) in [6.07, 6.45) is 0. The summed E-state index contributed by atoms with van der Waals surface area (Å²) in [4.78, 5) is 0. The highest BCUT2D eigenvalue weighted by Gasteiger charge is 1.94. The summed E-state index contributed by atoms with van der Waals surface area (Å²) >= 11 is 2.05. The smallest absolute Gasteiger partial charge is 0.0566 e. The fourth-order valence-electron chi connectivity index (χ4n) is 0.329. The monoisotopic (exact) mass is 231 g/mol. The molecule has 0 heterocycles. The number of hydrogen-bond donors (Lipinski definition) is 2. The Morgan fingerprint density at radius 2 is 1.50 bits per heavy atom. The van der Waals surface area contributed by atoms with E-state index in [1.807, 2.05) is 3.11 Å². The van der Waals surface area contributed by atoms with Gasteiger partial charge in [-0.1, -0.05) is 0 Å². The van der Waals surface area contributed by atoms with Crippen molar-refractivity contribution in [1.82, 2.24) is 3.11 Å². The lowest BCUT2D eigenvalue weighted by molar-refractivity contribution is 0.235. The Kier molecular flexibility index (Phi) is 6.18. The number of nitrogens with zero attached hydrogens (tertiary/aromatic N) is 1. The molecule has 0 fully saturated rings. The van der Waals surface area contributed by atoms with Crippen LogP contribution in [0.5, 0.6) is 0 Å². The number of hydrogen-bond acceptors (Lipinski definition) is 3. The molecule has 0 saturated carbocycles. The van der Waals surface area contributed by atoms with Crippen LogP contribution < -0.4 is 0 Å². The Balaban J connectivity index is 2.92. The van der Waals surface area contributed by atoms with Crippen molar-refractivity contribution >= 4 is 22.9 Å². The van der Waals surface area contributed by atoms with Crippen molar-refractivity contribution in [1.29, 1.82) is 0 Å². The maximum atomic E-state index is 8.34. The molecule has 2 N–H and O–H groups in total. The largest absolute Gasteiger partial charge is 0.395 e. The lowest BCUT2D eigenvalue weighted by Gasteiger charge is -2.08. The molecule has 3 nitrogen and oxygen atoms in total. The Morgan fingerprint density at radius 1 is 1.12 bits per heavy atom. The minimum Gasteiger partial charge on any atom is -0.395 e. The van der Waals surface area contributed by atoms with Crippen molar-refractivity contribution in [2.45, 2.75) is 0 Å². The highest BCUT2D eigenvalue weighted by Crippen LogP contribution is 1.94. The summed E-state index contributed by atoms with van der Waals surface area (Å²) in [6.45, 7) is 1.56. The van der Waals surface area contributed by atoms with E-state index >= 15 is 0 Å². The van der Waals surface area contributed by atoms with Gasteiger partial charge in [0.15, 0.2) is 0 Å². The first kappa shape index (κ1) is 8.61.